The van der Waals surface area contributed by atoms with E-state index < -0.39 is 11.5 Å². The van der Waals surface area contributed by atoms with Gasteiger partial charge in [0.1, 0.15) is 22.8 Å². The van der Waals surface area contributed by atoms with Crippen LogP contribution in [0.15, 0.2) is 45.8 Å². The number of pyridine rings is 1. The molecule has 1 amide bonds. The van der Waals surface area contributed by atoms with E-state index in [0.29, 0.717) is 47.8 Å². The molecule has 0 spiro atoms. The Morgan fingerprint density at radius 3 is 2.50 bits per heavy atom. The van der Waals surface area contributed by atoms with Gasteiger partial charge < -0.3 is 24.5 Å². The zero-order valence-corrected chi connectivity index (χ0v) is 21.8. The van der Waals surface area contributed by atoms with Gasteiger partial charge in [0.25, 0.3) is 11.5 Å². The maximum atomic E-state index is 13.6. The second-order valence-corrected chi connectivity index (χ2v) is 9.61. The van der Waals surface area contributed by atoms with Gasteiger partial charge in [-0.1, -0.05) is 43.2 Å². The number of aromatic amines is 1. The number of carbonyl (C=O) groups is 1. The molecule has 1 unspecified atom stereocenters. The summed E-state index contributed by atoms with van der Waals surface area (Å²) in [5.41, 5.74) is 1.60. The summed E-state index contributed by atoms with van der Waals surface area (Å²) in [7, 11) is 3.06. The zero-order valence-electron chi connectivity index (χ0n) is 21.0. The highest BCUT2D eigenvalue weighted by atomic mass is 35.5. The fourth-order valence-corrected chi connectivity index (χ4v) is 5.47. The molecule has 2 N–H and O–H groups in total. The smallest absolute Gasteiger partial charge is 0.264 e. The molecule has 1 saturated heterocycles. The fraction of sp³-hybridized carbons (Fsp3) is 0.429. The predicted molar refractivity (Wildman–Crippen MR) is 141 cm³/mol. The third-order valence-corrected chi connectivity index (χ3v) is 7.36. The summed E-state index contributed by atoms with van der Waals surface area (Å²) in [6, 6.07) is 5.30. The Morgan fingerprint density at radius 1 is 1.17 bits per heavy atom. The van der Waals surface area contributed by atoms with Crippen LogP contribution in [-0.4, -0.2) is 48.2 Å². The summed E-state index contributed by atoms with van der Waals surface area (Å²) in [5, 5.41) is 12.3. The van der Waals surface area contributed by atoms with Gasteiger partial charge in [-0.05, 0) is 49.8 Å². The van der Waals surface area contributed by atoms with Crippen molar-refractivity contribution in [3.05, 3.63) is 62.6 Å². The van der Waals surface area contributed by atoms with Gasteiger partial charge in [-0.15, -0.1) is 0 Å². The van der Waals surface area contributed by atoms with Crippen molar-refractivity contribution >= 4 is 17.5 Å². The average molecular weight is 513 g/mol. The van der Waals surface area contributed by atoms with Crippen LogP contribution in [0.2, 0.25) is 0 Å². The van der Waals surface area contributed by atoms with E-state index in [1.54, 1.807) is 23.1 Å². The first-order chi connectivity index (χ1) is 17.4. The molecule has 36 heavy (non-hydrogen) atoms. The number of ether oxygens (including phenoxy) is 2. The van der Waals surface area contributed by atoms with Crippen LogP contribution in [0.1, 0.15) is 55.1 Å². The van der Waals surface area contributed by atoms with Crippen LogP contribution in [0, 0.1) is 5.92 Å². The Balaban J connectivity index is 1.78. The van der Waals surface area contributed by atoms with Crippen molar-refractivity contribution in [2.75, 3.05) is 27.3 Å². The van der Waals surface area contributed by atoms with Crippen LogP contribution < -0.4 is 15.0 Å². The highest BCUT2D eigenvalue weighted by Gasteiger charge is 2.34. The minimum absolute atomic E-state index is 0.108. The average Bonchev–Trinajstić information content (AvgIpc) is 3.37. The van der Waals surface area contributed by atoms with Gasteiger partial charge in [-0.2, -0.15) is 0 Å². The number of carbonyl (C=O) groups excluding carboxylic acids is 1. The number of unbranched alkanes of at least 4 members (excludes halogenated alkanes) is 1. The van der Waals surface area contributed by atoms with Crippen LogP contribution in [0.3, 0.4) is 0 Å². The van der Waals surface area contributed by atoms with Gasteiger partial charge in [0.05, 0.1) is 25.3 Å². The second-order valence-electron chi connectivity index (χ2n) is 9.20. The molecule has 2 heterocycles. The number of halogens is 1. The normalized spacial score (nSPS) is 17.6. The maximum Gasteiger partial charge on any atom is 0.264 e. The third kappa shape index (κ3) is 4.89. The van der Waals surface area contributed by atoms with Gasteiger partial charge in [0.2, 0.25) is 0 Å². The molecule has 1 atom stereocenters. The van der Waals surface area contributed by atoms with E-state index in [-0.39, 0.29) is 17.2 Å². The summed E-state index contributed by atoms with van der Waals surface area (Å²) < 4.78 is 11.2. The molecule has 4 rings (SSSR count). The molecular weight excluding hydrogens is 480 g/mol. The number of nitrogens with zero attached hydrogens (tertiary/aromatic N) is 1. The van der Waals surface area contributed by atoms with E-state index in [2.05, 4.69) is 11.1 Å². The number of rotatable bonds is 8. The first kappa shape index (κ1) is 25.9. The molecule has 1 fully saturated rings. The topological polar surface area (TPSA) is 91.9 Å². The van der Waals surface area contributed by atoms with E-state index in [0.717, 1.165) is 42.7 Å². The zero-order chi connectivity index (χ0) is 25.8. The number of methoxy groups -OCH3 is 2. The van der Waals surface area contributed by atoms with Crippen molar-refractivity contribution in [3.63, 3.8) is 0 Å². The van der Waals surface area contributed by atoms with E-state index in [4.69, 9.17) is 21.1 Å². The van der Waals surface area contributed by atoms with Gasteiger partial charge >= 0.3 is 0 Å². The Bertz CT molecular complexity index is 1240. The van der Waals surface area contributed by atoms with Crippen molar-refractivity contribution in [1.82, 2.24) is 9.88 Å². The molecular formula is C28H33ClN2O5. The summed E-state index contributed by atoms with van der Waals surface area (Å²) in [6.45, 7) is 2.97. The number of aryl methyl sites for hydroxylation is 1. The number of allylic oxidation sites excluding steroid dienone is 3. The molecule has 0 saturated carbocycles. The van der Waals surface area contributed by atoms with Gasteiger partial charge in [-0.3, -0.25) is 9.59 Å². The summed E-state index contributed by atoms with van der Waals surface area (Å²) in [6.07, 6.45) is 8.97. The van der Waals surface area contributed by atoms with Crippen LogP contribution in [0.4, 0.5) is 0 Å². The van der Waals surface area contributed by atoms with E-state index >= 15 is 0 Å². The lowest BCUT2D eigenvalue weighted by Gasteiger charge is -2.22. The number of amides is 1. The number of benzene rings is 1. The number of H-pyrrole nitrogens is 1. The lowest BCUT2D eigenvalue weighted by molar-refractivity contribution is 0.0784. The summed E-state index contributed by atoms with van der Waals surface area (Å²) >= 11 is 6.43. The molecule has 192 valence electrons. The first-order valence-corrected chi connectivity index (χ1v) is 12.8. The number of hydrogen-bond acceptors (Lipinski definition) is 5. The lowest BCUT2D eigenvalue weighted by atomic mass is 9.93. The number of aromatic hydroxyl groups is 1. The van der Waals surface area contributed by atoms with Crippen molar-refractivity contribution in [2.24, 2.45) is 5.92 Å². The van der Waals surface area contributed by atoms with Crippen LogP contribution in [0.5, 0.6) is 17.2 Å². The molecule has 1 aliphatic carbocycles. The van der Waals surface area contributed by atoms with Crippen LogP contribution in [0.25, 0.3) is 11.1 Å². The molecule has 1 aromatic carbocycles. The molecule has 7 nitrogen and oxygen atoms in total. The van der Waals surface area contributed by atoms with Crippen molar-refractivity contribution in [3.8, 4) is 28.4 Å². The standard InChI is InChI=1S/C28H33ClN2O5/c1-4-5-11-20-23(24-21(35-2)12-8-13-22(24)36-3)26(32)25(27(33)30-20)28(34)31-15-14-17(16-31)18-9-6-7-10-19(18)29/h8-10,12-13,17H,4-7,11,14-16H2,1-3H3,(H2,30,32,33). The Kier molecular flexibility index (Phi) is 8.09. The predicted octanol–water partition coefficient (Wildman–Crippen LogP) is 5.41. The van der Waals surface area contributed by atoms with Crippen LogP contribution >= 0.6 is 11.6 Å². The second kappa shape index (κ2) is 11.2. The Morgan fingerprint density at radius 2 is 1.86 bits per heavy atom. The van der Waals surface area contributed by atoms with Gasteiger partial charge in [0, 0.05) is 29.7 Å². The quantitative estimate of drug-likeness (QED) is 0.493. The van der Waals surface area contributed by atoms with Crippen molar-refractivity contribution < 1.29 is 19.4 Å². The number of nitrogens with one attached hydrogen (secondary N) is 1. The number of hydrogen-bond donors (Lipinski definition) is 2. The summed E-state index contributed by atoms with van der Waals surface area (Å²) in [4.78, 5) is 31.3. The van der Waals surface area contributed by atoms with Gasteiger partial charge in [0.15, 0.2) is 0 Å². The Labute approximate surface area is 216 Å². The minimum Gasteiger partial charge on any atom is -0.506 e. The van der Waals surface area contributed by atoms with Gasteiger partial charge in [-0.25, -0.2) is 0 Å². The third-order valence-electron chi connectivity index (χ3n) is 6.98. The number of likely N-dealkylation sites (tertiary alicyclic amines) is 1. The maximum absolute atomic E-state index is 13.6. The van der Waals surface area contributed by atoms with E-state index in [1.165, 1.54) is 14.2 Å². The SMILES string of the molecule is CCCCc1[nH]c(=O)c(C(=O)N2CCC(C3=CCCC=C3Cl)C2)c(O)c1-c1c(OC)cccc1OC. The van der Waals surface area contributed by atoms with Crippen molar-refractivity contribution in [1.29, 1.82) is 0 Å². The minimum atomic E-state index is -0.598. The summed E-state index contributed by atoms with van der Waals surface area (Å²) in [5.74, 6) is 0.206. The largest absolute Gasteiger partial charge is 0.506 e. The first-order valence-electron chi connectivity index (χ1n) is 12.5. The number of aromatic nitrogens is 1. The monoisotopic (exact) mass is 512 g/mol. The van der Waals surface area contributed by atoms with Crippen LogP contribution in [-0.2, 0) is 6.42 Å². The van der Waals surface area contributed by atoms with E-state index in [1.807, 2.05) is 13.0 Å². The van der Waals surface area contributed by atoms with Crippen molar-refractivity contribution in [2.45, 2.75) is 45.4 Å². The highest BCUT2D eigenvalue weighted by Crippen LogP contribution is 2.45. The molecule has 0 radical (unpaired) electrons. The lowest BCUT2D eigenvalue weighted by Crippen LogP contribution is -2.34. The molecule has 2 aliphatic rings. The molecule has 1 aliphatic heterocycles. The molecule has 8 heteroatoms. The molecule has 1 aromatic heterocycles. The van der Waals surface area contributed by atoms with E-state index in [9.17, 15) is 14.7 Å². The fourth-order valence-electron chi connectivity index (χ4n) is 5.13. The molecule has 0 bridgehead atoms. The Hall–Kier alpha value is -3.19. The molecule has 2 aromatic rings. The highest BCUT2D eigenvalue weighted by molar-refractivity contribution is 6.32.